The van der Waals surface area contributed by atoms with Gasteiger partial charge in [0.25, 0.3) is 11.8 Å². The predicted octanol–water partition coefficient (Wildman–Crippen LogP) is 2.90. The van der Waals surface area contributed by atoms with Crippen molar-refractivity contribution in [1.82, 2.24) is 5.01 Å². The van der Waals surface area contributed by atoms with Gasteiger partial charge in [-0.15, -0.1) is 0 Å². The number of amides is 3. The van der Waals surface area contributed by atoms with Gasteiger partial charge in [-0.1, -0.05) is 35.0 Å². The van der Waals surface area contributed by atoms with Gasteiger partial charge in [-0.25, -0.2) is 4.90 Å². The van der Waals surface area contributed by atoms with Gasteiger partial charge in [-0.2, -0.15) is 5.11 Å². The molecule has 160 valence electrons. The van der Waals surface area contributed by atoms with E-state index in [1.807, 2.05) is 32.0 Å². The van der Waals surface area contributed by atoms with Crippen molar-refractivity contribution in [3.63, 3.8) is 0 Å². The summed E-state index contributed by atoms with van der Waals surface area (Å²) in [5.41, 5.74) is 2.86. The Morgan fingerprint density at radius 1 is 1.16 bits per heavy atom. The first kappa shape index (κ1) is 20.8. The van der Waals surface area contributed by atoms with Crippen molar-refractivity contribution in [2.75, 3.05) is 23.9 Å². The van der Waals surface area contributed by atoms with E-state index >= 15 is 0 Å². The number of benzene rings is 2. The Hall–Kier alpha value is -3.46. The lowest BCUT2D eigenvalue weighted by molar-refractivity contribution is -0.123. The molecular weight excluding hydrogens is 422 g/mol. The molecule has 2 aliphatic rings. The SMILES string of the molecule is COc1ccc(N2C(=O)[C@H]3N=NN(CC(=O)Nc4c(C)cccc4C)[C@H]3C2=O)cc1Cl. The number of methoxy groups -OCH3 is 1. The van der Waals surface area contributed by atoms with E-state index in [2.05, 4.69) is 15.7 Å². The number of nitrogens with zero attached hydrogens (tertiary/aromatic N) is 4. The Morgan fingerprint density at radius 3 is 2.52 bits per heavy atom. The highest BCUT2D eigenvalue weighted by Gasteiger charge is 2.55. The van der Waals surface area contributed by atoms with Gasteiger partial charge in [0.2, 0.25) is 5.91 Å². The zero-order valence-electron chi connectivity index (χ0n) is 17.1. The summed E-state index contributed by atoms with van der Waals surface area (Å²) in [6, 6.07) is 8.34. The topological polar surface area (TPSA) is 104 Å². The van der Waals surface area contributed by atoms with Gasteiger partial charge in [0.15, 0.2) is 12.1 Å². The van der Waals surface area contributed by atoms with Crippen molar-refractivity contribution >= 4 is 40.7 Å². The molecule has 2 atom stereocenters. The van der Waals surface area contributed by atoms with Crippen LogP contribution in [-0.4, -0.2) is 48.5 Å². The number of carbonyl (C=O) groups excluding carboxylic acids is 3. The monoisotopic (exact) mass is 441 g/mol. The first-order valence-electron chi connectivity index (χ1n) is 9.56. The average molecular weight is 442 g/mol. The second kappa shape index (κ2) is 7.99. The number of nitrogens with one attached hydrogen (secondary N) is 1. The minimum atomic E-state index is -0.999. The minimum Gasteiger partial charge on any atom is -0.495 e. The van der Waals surface area contributed by atoms with Gasteiger partial charge in [0.1, 0.15) is 12.3 Å². The predicted molar refractivity (Wildman–Crippen MR) is 114 cm³/mol. The number of anilines is 2. The summed E-state index contributed by atoms with van der Waals surface area (Å²) < 4.78 is 5.11. The fourth-order valence-corrected chi connectivity index (χ4v) is 3.99. The molecule has 0 bridgehead atoms. The van der Waals surface area contributed by atoms with E-state index in [-0.39, 0.29) is 17.5 Å². The van der Waals surface area contributed by atoms with Crippen LogP contribution in [0.5, 0.6) is 5.75 Å². The molecule has 2 aromatic rings. The Kier molecular flexibility index (Phi) is 5.36. The maximum Gasteiger partial charge on any atom is 0.263 e. The zero-order valence-corrected chi connectivity index (χ0v) is 17.9. The van der Waals surface area contributed by atoms with Crippen LogP contribution in [0.15, 0.2) is 46.7 Å². The fraction of sp³-hybridized carbons (Fsp3) is 0.286. The quantitative estimate of drug-likeness (QED) is 0.718. The molecule has 0 aliphatic carbocycles. The molecule has 10 heteroatoms. The van der Waals surface area contributed by atoms with Crippen molar-refractivity contribution in [1.29, 1.82) is 0 Å². The summed E-state index contributed by atoms with van der Waals surface area (Å²) in [4.78, 5) is 39.5. The van der Waals surface area contributed by atoms with Crippen molar-refractivity contribution in [3.8, 4) is 5.75 Å². The number of hydrogen-bond donors (Lipinski definition) is 1. The van der Waals surface area contributed by atoms with Gasteiger partial charge in [-0.3, -0.25) is 19.4 Å². The molecule has 0 unspecified atom stereocenters. The molecule has 3 amide bonds. The Bertz CT molecular complexity index is 1100. The van der Waals surface area contributed by atoms with E-state index in [9.17, 15) is 14.4 Å². The summed E-state index contributed by atoms with van der Waals surface area (Å²) in [5.74, 6) is -0.962. The van der Waals surface area contributed by atoms with Crippen LogP contribution >= 0.6 is 11.6 Å². The molecule has 0 spiro atoms. The first-order valence-corrected chi connectivity index (χ1v) is 9.94. The molecule has 2 aliphatic heterocycles. The molecule has 9 nitrogen and oxygen atoms in total. The van der Waals surface area contributed by atoms with E-state index in [1.54, 1.807) is 12.1 Å². The molecule has 2 aromatic carbocycles. The normalized spacial score (nSPS) is 19.7. The van der Waals surface area contributed by atoms with Crippen LogP contribution < -0.4 is 15.0 Å². The number of ether oxygens (including phenoxy) is 1. The van der Waals surface area contributed by atoms with Crippen LogP contribution in [0.1, 0.15) is 11.1 Å². The van der Waals surface area contributed by atoms with Gasteiger partial charge >= 0.3 is 0 Å². The molecule has 4 rings (SSSR count). The largest absolute Gasteiger partial charge is 0.495 e. The standard InChI is InChI=1S/C21H20ClN5O4/c1-11-5-4-6-12(2)17(11)23-16(28)10-26-19-18(24-25-26)20(29)27(21(19)30)13-7-8-15(31-3)14(22)9-13/h4-9,18-19H,10H2,1-3H3,(H,23,28)/t18-,19+/m0/s1. The highest BCUT2D eigenvalue weighted by atomic mass is 35.5. The molecular formula is C21H20ClN5O4. The smallest absolute Gasteiger partial charge is 0.263 e. The Labute approximate surface area is 183 Å². The second-order valence-electron chi connectivity index (χ2n) is 7.34. The Morgan fingerprint density at radius 2 is 1.87 bits per heavy atom. The molecule has 2 heterocycles. The number of imide groups is 1. The van der Waals surface area contributed by atoms with Gasteiger partial charge in [0.05, 0.1) is 17.8 Å². The zero-order chi connectivity index (χ0) is 22.3. The molecule has 0 aromatic heterocycles. The second-order valence-corrected chi connectivity index (χ2v) is 7.75. The highest BCUT2D eigenvalue weighted by Crippen LogP contribution is 2.35. The third-order valence-electron chi connectivity index (χ3n) is 5.30. The van der Waals surface area contributed by atoms with E-state index in [0.29, 0.717) is 17.1 Å². The number of rotatable bonds is 5. The number of carbonyl (C=O) groups is 3. The van der Waals surface area contributed by atoms with Gasteiger partial charge in [0, 0.05) is 5.69 Å². The molecule has 1 N–H and O–H groups in total. The van der Waals surface area contributed by atoms with E-state index in [4.69, 9.17) is 16.3 Å². The summed E-state index contributed by atoms with van der Waals surface area (Å²) in [6.45, 7) is 3.57. The third kappa shape index (κ3) is 3.61. The van der Waals surface area contributed by atoms with Crippen LogP contribution in [0.25, 0.3) is 0 Å². The lowest BCUT2D eigenvalue weighted by Crippen LogP contribution is -2.43. The highest BCUT2D eigenvalue weighted by molar-refractivity contribution is 6.33. The molecule has 1 fully saturated rings. The van der Waals surface area contributed by atoms with Crippen LogP contribution in [0, 0.1) is 13.8 Å². The first-order chi connectivity index (χ1) is 14.8. The number of hydrogen-bond acceptors (Lipinski definition) is 7. The van der Waals surface area contributed by atoms with Crippen molar-refractivity contribution in [2.24, 2.45) is 10.3 Å². The van der Waals surface area contributed by atoms with Gasteiger partial charge in [-0.05, 0) is 43.2 Å². The van der Waals surface area contributed by atoms with Crippen LogP contribution in [0.4, 0.5) is 11.4 Å². The Balaban J connectivity index is 1.52. The van der Waals surface area contributed by atoms with E-state index in [0.717, 1.165) is 16.0 Å². The molecule has 31 heavy (non-hydrogen) atoms. The lowest BCUT2D eigenvalue weighted by atomic mass is 10.1. The van der Waals surface area contributed by atoms with Gasteiger partial charge < -0.3 is 10.1 Å². The third-order valence-corrected chi connectivity index (χ3v) is 5.60. The van der Waals surface area contributed by atoms with Crippen LogP contribution in [0.3, 0.4) is 0 Å². The summed E-state index contributed by atoms with van der Waals surface area (Å²) in [7, 11) is 1.47. The van der Waals surface area contributed by atoms with Crippen molar-refractivity contribution in [3.05, 3.63) is 52.5 Å². The van der Waals surface area contributed by atoms with Crippen molar-refractivity contribution in [2.45, 2.75) is 25.9 Å². The number of halogens is 1. The number of para-hydroxylation sites is 1. The van der Waals surface area contributed by atoms with E-state index < -0.39 is 23.9 Å². The lowest BCUT2D eigenvalue weighted by Gasteiger charge is -2.21. The van der Waals surface area contributed by atoms with E-state index in [1.165, 1.54) is 18.2 Å². The number of fused-ring (bicyclic) bond motifs is 1. The number of aryl methyl sites for hydroxylation is 2. The van der Waals surface area contributed by atoms with Crippen LogP contribution in [-0.2, 0) is 14.4 Å². The fourth-order valence-electron chi connectivity index (χ4n) is 3.74. The minimum absolute atomic E-state index is 0.214. The molecule has 1 saturated heterocycles. The molecule has 0 saturated carbocycles. The summed E-state index contributed by atoms with van der Waals surface area (Å²) >= 11 is 6.14. The maximum absolute atomic E-state index is 13.1. The summed E-state index contributed by atoms with van der Waals surface area (Å²) in [5, 5.41) is 12.2. The van der Waals surface area contributed by atoms with Crippen molar-refractivity contribution < 1.29 is 19.1 Å². The summed E-state index contributed by atoms with van der Waals surface area (Å²) in [6.07, 6.45) is 0. The average Bonchev–Trinajstić information content (AvgIpc) is 3.24. The molecule has 0 radical (unpaired) electrons. The van der Waals surface area contributed by atoms with Crippen LogP contribution in [0.2, 0.25) is 5.02 Å². The maximum atomic E-state index is 13.1.